The minimum atomic E-state index is -1.05. The van der Waals surface area contributed by atoms with Gasteiger partial charge in [0, 0.05) is 26.1 Å². The summed E-state index contributed by atoms with van der Waals surface area (Å²) in [6.45, 7) is 7.26. The molecule has 2 N–H and O–H groups in total. The largest absolute Gasteiger partial charge is 0.480 e. The van der Waals surface area contributed by atoms with Crippen LogP contribution in [-0.2, 0) is 4.79 Å². The van der Waals surface area contributed by atoms with Crippen molar-refractivity contribution in [1.82, 2.24) is 9.80 Å². The summed E-state index contributed by atoms with van der Waals surface area (Å²) < 4.78 is 0. The molecular formula is C13H24N2O4. The van der Waals surface area contributed by atoms with Crippen molar-refractivity contribution in [1.29, 1.82) is 0 Å². The number of carboxylic acid groups (broad SMARTS) is 1. The van der Waals surface area contributed by atoms with Crippen molar-refractivity contribution < 1.29 is 19.8 Å². The lowest BCUT2D eigenvalue weighted by atomic mass is 10.1. The Morgan fingerprint density at radius 3 is 2.53 bits per heavy atom. The normalized spacial score (nSPS) is 24.3. The third kappa shape index (κ3) is 3.83. The molecule has 6 heteroatoms. The molecule has 1 rings (SSSR count). The molecule has 1 fully saturated rings. The lowest BCUT2D eigenvalue weighted by molar-refractivity contribution is -0.141. The molecular weight excluding hydrogens is 248 g/mol. The first-order chi connectivity index (χ1) is 8.90. The van der Waals surface area contributed by atoms with Crippen LogP contribution in [-0.4, -0.2) is 63.8 Å². The molecule has 6 nitrogen and oxygen atoms in total. The number of aliphatic hydroxyl groups is 1. The molecule has 1 unspecified atom stereocenters. The molecule has 19 heavy (non-hydrogen) atoms. The second-order valence-corrected chi connectivity index (χ2v) is 5.23. The predicted molar refractivity (Wildman–Crippen MR) is 70.9 cm³/mol. The van der Waals surface area contributed by atoms with Crippen LogP contribution >= 0.6 is 0 Å². The number of aliphatic hydroxyl groups excluding tert-OH is 1. The van der Waals surface area contributed by atoms with Gasteiger partial charge >= 0.3 is 12.0 Å². The summed E-state index contributed by atoms with van der Waals surface area (Å²) in [5.74, 6) is -0.677. The summed E-state index contributed by atoms with van der Waals surface area (Å²) in [6.07, 6.45) is 0.337. The van der Waals surface area contributed by atoms with Crippen molar-refractivity contribution in [3.05, 3.63) is 0 Å². The SMILES string of the molecule is CCC(C)CN(CC)C(=O)N1C[C@H](O)C[C@@H]1C(=O)O. The molecule has 1 aliphatic heterocycles. The number of carbonyl (C=O) groups is 2. The number of aliphatic carboxylic acids is 1. The molecule has 1 aliphatic rings. The number of amides is 2. The van der Waals surface area contributed by atoms with Crippen molar-refractivity contribution >= 4 is 12.0 Å². The van der Waals surface area contributed by atoms with Crippen LogP contribution < -0.4 is 0 Å². The maximum absolute atomic E-state index is 12.4. The lowest BCUT2D eigenvalue weighted by Gasteiger charge is -2.31. The fourth-order valence-electron chi connectivity index (χ4n) is 2.29. The van der Waals surface area contributed by atoms with Crippen LogP contribution in [0, 0.1) is 5.92 Å². The van der Waals surface area contributed by atoms with Gasteiger partial charge in [-0.3, -0.25) is 0 Å². The van der Waals surface area contributed by atoms with E-state index in [2.05, 4.69) is 13.8 Å². The van der Waals surface area contributed by atoms with E-state index >= 15 is 0 Å². The first-order valence-corrected chi connectivity index (χ1v) is 6.87. The van der Waals surface area contributed by atoms with E-state index in [0.29, 0.717) is 19.0 Å². The van der Waals surface area contributed by atoms with Crippen molar-refractivity contribution in [2.45, 2.75) is 45.8 Å². The Morgan fingerprint density at radius 2 is 2.05 bits per heavy atom. The van der Waals surface area contributed by atoms with Gasteiger partial charge in [0.15, 0.2) is 0 Å². The van der Waals surface area contributed by atoms with E-state index in [9.17, 15) is 14.7 Å². The van der Waals surface area contributed by atoms with Crippen LogP contribution in [0.2, 0.25) is 0 Å². The Morgan fingerprint density at radius 1 is 1.42 bits per heavy atom. The first kappa shape index (κ1) is 15.8. The molecule has 0 aromatic rings. The number of β-amino-alcohol motifs (C(OH)–C–C–N with tert-alkyl or cyclic N) is 1. The van der Waals surface area contributed by atoms with Gasteiger partial charge in [-0.1, -0.05) is 20.3 Å². The molecule has 2 amide bonds. The van der Waals surface area contributed by atoms with Crippen LogP contribution in [0.1, 0.15) is 33.6 Å². The Hall–Kier alpha value is -1.30. The number of hydrogen-bond acceptors (Lipinski definition) is 3. The molecule has 1 heterocycles. The number of likely N-dealkylation sites (tertiary alicyclic amines) is 1. The van der Waals surface area contributed by atoms with Crippen molar-refractivity contribution in [3.8, 4) is 0 Å². The molecule has 0 aromatic heterocycles. The van der Waals surface area contributed by atoms with Crippen LogP contribution in [0.15, 0.2) is 0 Å². The van der Waals surface area contributed by atoms with E-state index in [1.807, 2.05) is 6.92 Å². The number of rotatable bonds is 5. The zero-order valence-corrected chi connectivity index (χ0v) is 11.9. The molecule has 0 saturated carbocycles. The summed E-state index contributed by atoms with van der Waals surface area (Å²) >= 11 is 0. The average Bonchev–Trinajstić information content (AvgIpc) is 2.77. The van der Waals surface area contributed by atoms with Crippen molar-refractivity contribution in [3.63, 3.8) is 0 Å². The zero-order valence-electron chi connectivity index (χ0n) is 11.9. The van der Waals surface area contributed by atoms with E-state index < -0.39 is 18.1 Å². The third-order valence-electron chi connectivity index (χ3n) is 3.69. The summed E-state index contributed by atoms with van der Waals surface area (Å²) in [5.41, 5.74) is 0. The standard InChI is InChI=1S/C13H24N2O4/c1-4-9(3)7-14(5-2)13(19)15-8-10(16)6-11(15)12(17)18/h9-11,16H,4-8H2,1-3H3,(H,17,18)/t9?,10-,11-/m1/s1. The second kappa shape index (κ2) is 6.75. The van der Waals surface area contributed by atoms with Gasteiger partial charge in [0.2, 0.25) is 0 Å². The van der Waals surface area contributed by atoms with Crippen LogP contribution in [0.5, 0.6) is 0 Å². The minimum Gasteiger partial charge on any atom is -0.480 e. The Labute approximate surface area is 114 Å². The fourth-order valence-corrected chi connectivity index (χ4v) is 2.29. The average molecular weight is 272 g/mol. The Balaban J connectivity index is 2.75. The van der Waals surface area contributed by atoms with Crippen LogP contribution in [0.3, 0.4) is 0 Å². The summed E-state index contributed by atoms with van der Waals surface area (Å²) in [4.78, 5) is 26.4. The van der Waals surface area contributed by atoms with E-state index in [4.69, 9.17) is 5.11 Å². The summed E-state index contributed by atoms with van der Waals surface area (Å²) in [7, 11) is 0. The second-order valence-electron chi connectivity index (χ2n) is 5.23. The fraction of sp³-hybridized carbons (Fsp3) is 0.846. The number of urea groups is 1. The van der Waals surface area contributed by atoms with E-state index in [1.54, 1.807) is 4.90 Å². The van der Waals surface area contributed by atoms with Crippen LogP contribution in [0.25, 0.3) is 0 Å². The highest BCUT2D eigenvalue weighted by Crippen LogP contribution is 2.20. The maximum atomic E-state index is 12.4. The van der Waals surface area contributed by atoms with Gasteiger partial charge in [-0.05, 0) is 12.8 Å². The molecule has 3 atom stereocenters. The molecule has 110 valence electrons. The molecule has 0 spiro atoms. The van der Waals surface area contributed by atoms with E-state index in [1.165, 1.54) is 4.90 Å². The van der Waals surface area contributed by atoms with Gasteiger partial charge in [0.1, 0.15) is 6.04 Å². The van der Waals surface area contributed by atoms with Gasteiger partial charge in [0.25, 0.3) is 0 Å². The molecule has 0 bridgehead atoms. The summed E-state index contributed by atoms with van der Waals surface area (Å²) in [5, 5.41) is 18.7. The Kier molecular flexibility index (Phi) is 5.60. The predicted octanol–water partition coefficient (Wildman–Crippen LogP) is 0.994. The molecule has 0 radical (unpaired) electrons. The smallest absolute Gasteiger partial charge is 0.326 e. The minimum absolute atomic E-state index is 0.104. The number of nitrogens with zero attached hydrogens (tertiary/aromatic N) is 2. The summed E-state index contributed by atoms with van der Waals surface area (Å²) in [6, 6.07) is -1.19. The van der Waals surface area contributed by atoms with Gasteiger partial charge in [-0.15, -0.1) is 0 Å². The highest BCUT2D eigenvalue weighted by atomic mass is 16.4. The number of hydrogen-bond donors (Lipinski definition) is 2. The van der Waals surface area contributed by atoms with Gasteiger partial charge in [-0.2, -0.15) is 0 Å². The van der Waals surface area contributed by atoms with Crippen LogP contribution in [0.4, 0.5) is 4.79 Å². The van der Waals surface area contributed by atoms with Gasteiger partial charge in [0.05, 0.1) is 6.10 Å². The maximum Gasteiger partial charge on any atom is 0.326 e. The van der Waals surface area contributed by atoms with E-state index in [-0.39, 0.29) is 19.0 Å². The monoisotopic (exact) mass is 272 g/mol. The quantitative estimate of drug-likeness (QED) is 0.782. The van der Waals surface area contributed by atoms with Gasteiger partial charge in [-0.25, -0.2) is 9.59 Å². The lowest BCUT2D eigenvalue weighted by Crippen LogP contribution is -2.49. The van der Waals surface area contributed by atoms with E-state index in [0.717, 1.165) is 6.42 Å². The molecule has 0 aromatic carbocycles. The Bertz CT molecular complexity index is 335. The third-order valence-corrected chi connectivity index (χ3v) is 3.69. The first-order valence-electron chi connectivity index (χ1n) is 6.87. The molecule has 1 saturated heterocycles. The topological polar surface area (TPSA) is 81.1 Å². The van der Waals surface area contributed by atoms with Crippen molar-refractivity contribution in [2.75, 3.05) is 19.6 Å². The van der Waals surface area contributed by atoms with Crippen molar-refractivity contribution in [2.24, 2.45) is 5.92 Å². The zero-order chi connectivity index (χ0) is 14.6. The number of carbonyl (C=O) groups excluding carboxylic acids is 1. The van der Waals surface area contributed by atoms with Gasteiger partial charge < -0.3 is 20.0 Å². The number of carboxylic acids is 1. The molecule has 0 aliphatic carbocycles. The highest BCUT2D eigenvalue weighted by molar-refractivity contribution is 5.83. The highest BCUT2D eigenvalue weighted by Gasteiger charge is 2.40.